The zero-order valence-corrected chi connectivity index (χ0v) is 13.8. The Labute approximate surface area is 130 Å². The van der Waals surface area contributed by atoms with Crippen LogP contribution in [-0.2, 0) is 14.8 Å². The molecule has 1 aromatic rings. The number of benzene rings is 1. The fourth-order valence-corrected chi connectivity index (χ4v) is 4.86. The van der Waals surface area contributed by atoms with Crippen LogP contribution in [0, 0.1) is 6.92 Å². The summed E-state index contributed by atoms with van der Waals surface area (Å²) < 4.78 is 26.6. The van der Waals surface area contributed by atoms with Crippen LogP contribution in [0.15, 0.2) is 29.2 Å². The van der Waals surface area contributed by atoms with Crippen molar-refractivity contribution in [3.8, 4) is 0 Å². The highest BCUT2D eigenvalue weighted by molar-refractivity contribution is 8.00. The maximum Gasteiger partial charge on any atom is 0.243 e. The molecule has 1 amide bonds. The minimum atomic E-state index is -3.41. The van der Waals surface area contributed by atoms with E-state index in [4.69, 9.17) is 0 Å². The molecule has 0 bridgehead atoms. The van der Waals surface area contributed by atoms with Crippen molar-refractivity contribution in [3.63, 3.8) is 0 Å². The Morgan fingerprint density at radius 2 is 2.05 bits per heavy atom. The van der Waals surface area contributed by atoms with Crippen molar-refractivity contribution in [3.05, 3.63) is 29.8 Å². The summed E-state index contributed by atoms with van der Waals surface area (Å²) in [6.45, 7) is 2.91. The molecule has 0 saturated carbocycles. The van der Waals surface area contributed by atoms with Gasteiger partial charge in [-0.25, -0.2) is 8.42 Å². The minimum Gasteiger partial charge on any atom is -0.358 e. The zero-order valence-electron chi connectivity index (χ0n) is 12.2. The first-order chi connectivity index (χ1) is 9.93. The molecule has 1 aromatic carbocycles. The molecule has 1 aliphatic rings. The fraction of sp³-hybridized carbons (Fsp3) is 0.500. The van der Waals surface area contributed by atoms with Crippen LogP contribution in [-0.4, -0.2) is 49.8 Å². The van der Waals surface area contributed by atoms with E-state index in [1.54, 1.807) is 31.3 Å². The predicted molar refractivity (Wildman–Crippen MR) is 84.9 cm³/mol. The van der Waals surface area contributed by atoms with Crippen molar-refractivity contribution >= 4 is 27.7 Å². The maximum atomic E-state index is 12.5. The molecule has 1 saturated heterocycles. The molecule has 0 aromatic heterocycles. The van der Waals surface area contributed by atoms with Gasteiger partial charge in [-0.05, 0) is 25.5 Å². The highest BCUT2D eigenvalue weighted by Gasteiger charge is 2.32. The van der Waals surface area contributed by atoms with E-state index in [-0.39, 0.29) is 11.2 Å². The SMILES string of the molecule is CNC(=O)CSC1CCN(S(=O)(=O)c2ccc(C)cc2)C1. The van der Waals surface area contributed by atoms with Crippen LogP contribution < -0.4 is 5.32 Å². The largest absolute Gasteiger partial charge is 0.358 e. The van der Waals surface area contributed by atoms with Crippen molar-refractivity contribution < 1.29 is 13.2 Å². The van der Waals surface area contributed by atoms with Gasteiger partial charge in [0, 0.05) is 25.4 Å². The maximum absolute atomic E-state index is 12.5. The number of carbonyl (C=O) groups excluding carboxylic acids is 1. The van der Waals surface area contributed by atoms with Gasteiger partial charge in [0.05, 0.1) is 10.6 Å². The van der Waals surface area contributed by atoms with Crippen molar-refractivity contribution in [1.29, 1.82) is 0 Å². The molecule has 1 atom stereocenters. The summed E-state index contributed by atoms with van der Waals surface area (Å²) in [7, 11) is -1.81. The van der Waals surface area contributed by atoms with Crippen molar-refractivity contribution in [2.45, 2.75) is 23.5 Å². The van der Waals surface area contributed by atoms with Gasteiger partial charge in [0.25, 0.3) is 0 Å². The van der Waals surface area contributed by atoms with Crippen molar-refractivity contribution in [2.24, 2.45) is 0 Å². The Balaban J connectivity index is 1.99. The number of hydrogen-bond acceptors (Lipinski definition) is 4. The number of thioether (sulfide) groups is 1. The standard InChI is InChI=1S/C14H20N2O3S2/c1-11-3-5-13(6-4-11)21(18,19)16-8-7-12(9-16)20-10-14(17)15-2/h3-6,12H,7-10H2,1-2H3,(H,15,17). The third kappa shape index (κ3) is 3.99. The second kappa shape index (κ2) is 6.81. The minimum absolute atomic E-state index is 0.0279. The second-order valence-electron chi connectivity index (χ2n) is 5.07. The van der Waals surface area contributed by atoms with Gasteiger partial charge in [-0.15, -0.1) is 11.8 Å². The van der Waals surface area contributed by atoms with E-state index in [1.165, 1.54) is 16.1 Å². The van der Waals surface area contributed by atoms with Crippen LogP contribution in [0.1, 0.15) is 12.0 Å². The lowest BCUT2D eigenvalue weighted by Gasteiger charge is -2.16. The first-order valence-electron chi connectivity index (χ1n) is 6.82. The van der Waals surface area contributed by atoms with Gasteiger partial charge in [0.15, 0.2) is 0 Å². The van der Waals surface area contributed by atoms with Gasteiger partial charge in [0.2, 0.25) is 15.9 Å². The molecule has 5 nitrogen and oxygen atoms in total. The van der Waals surface area contributed by atoms with E-state index in [1.807, 2.05) is 6.92 Å². The number of rotatable bonds is 5. The monoisotopic (exact) mass is 328 g/mol. The summed E-state index contributed by atoms with van der Waals surface area (Å²) in [4.78, 5) is 11.6. The van der Waals surface area contributed by atoms with Gasteiger partial charge in [-0.1, -0.05) is 17.7 Å². The van der Waals surface area contributed by atoms with Gasteiger partial charge in [0.1, 0.15) is 0 Å². The smallest absolute Gasteiger partial charge is 0.243 e. The lowest BCUT2D eigenvalue weighted by atomic mass is 10.2. The quantitative estimate of drug-likeness (QED) is 0.883. The Hall–Kier alpha value is -1.05. The molecule has 21 heavy (non-hydrogen) atoms. The first-order valence-corrected chi connectivity index (χ1v) is 9.31. The molecule has 2 rings (SSSR count). The summed E-state index contributed by atoms with van der Waals surface area (Å²) in [5, 5.41) is 2.75. The van der Waals surface area contributed by atoms with Crippen LogP contribution in [0.25, 0.3) is 0 Å². The molecule has 116 valence electrons. The normalized spacial score (nSPS) is 19.6. The zero-order chi connectivity index (χ0) is 15.5. The molecule has 0 radical (unpaired) electrons. The Kier molecular flexibility index (Phi) is 5.29. The number of sulfonamides is 1. The van der Waals surface area contributed by atoms with E-state index in [0.29, 0.717) is 23.7 Å². The highest BCUT2D eigenvalue weighted by Crippen LogP contribution is 2.27. The average Bonchev–Trinajstić information content (AvgIpc) is 2.95. The Morgan fingerprint density at radius 1 is 1.38 bits per heavy atom. The molecule has 1 N–H and O–H groups in total. The lowest BCUT2D eigenvalue weighted by molar-refractivity contribution is -0.118. The number of nitrogens with zero attached hydrogens (tertiary/aromatic N) is 1. The topological polar surface area (TPSA) is 66.5 Å². The van der Waals surface area contributed by atoms with Crippen LogP contribution in [0.2, 0.25) is 0 Å². The molecule has 7 heteroatoms. The van der Waals surface area contributed by atoms with Gasteiger partial charge in [-0.3, -0.25) is 4.79 Å². The molecule has 0 aliphatic carbocycles. The summed E-state index contributed by atoms with van der Waals surface area (Å²) in [5.74, 6) is 0.347. The van der Waals surface area contributed by atoms with Crippen molar-refractivity contribution in [2.75, 3.05) is 25.9 Å². The third-order valence-corrected chi connectivity index (χ3v) is 6.66. The van der Waals surface area contributed by atoms with E-state index >= 15 is 0 Å². The average molecular weight is 328 g/mol. The van der Waals surface area contributed by atoms with E-state index in [2.05, 4.69) is 5.32 Å². The molecule has 1 aliphatic heterocycles. The number of amides is 1. The first kappa shape index (κ1) is 16.3. The number of carbonyl (C=O) groups is 1. The Morgan fingerprint density at radius 3 is 2.67 bits per heavy atom. The third-order valence-electron chi connectivity index (χ3n) is 3.50. The molecule has 0 spiro atoms. The number of hydrogen-bond donors (Lipinski definition) is 1. The number of aryl methyl sites for hydroxylation is 1. The van der Waals surface area contributed by atoms with E-state index < -0.39 is 10.0 Å². The van der Waals surface area contributed by atoms with Crippen LogP contribution in [0.4, 0.5) is 0 Å². The van der Waals surface area contributed by atoms with Gasteiger partial charge in [-0.2, -0.15) is 4.31 Å². The summed E-state index contributed by atoms with van der Waals surface area (Å²) in [6.07, 6.45) is 0.784. The van der Waals surface area contributed by atoms with Crippen LogP contribution in [0.3, 0.4) is 0 Å². The molecule has 1 fully saturated rings. The summed E-state index contributed by atoms with van der Waals surface area (Å²) in [6, 6.07) is 6.91. The van der Waals surface area contributed by atoms with Crippen molar-refractivity contribution in [1.82, 2.24) is 9.62 Å². The lowest BCUT2D eigenvalue weighted by Crippen LogP contribution is -2.29. The predicted octanol–water partition coefficient (Wildman–Crippen LogP) is 1.24. The van der Waals surface area contributed by atoms with Gasteiger partial charge < -0.3 is 5.32 Å². The van der Waals surface area contributed by atoms with Gasteiger partial charge >= 0.3 is 0 Å². The summed E-state index contributed by atoms with van der Waals surface area (Å²) in [5.41, 5.74) is 1.04. The number of nitrogens with one attached hydrogen (secondary N) is 1. The Bertz CT molecular complexity index is 599. The molecular formula is C14H20N2O3S2. The fourth-order valence-electron chi connectivity index (χ4n) is 2.18. The molecule has 1 unspecified atom stereocenters. The molecule has 1 heterocycles. The second-order valence-corrected chi connectivity index (χ2v) is 8.30. The van der Waals surface area contributed by atoms with Crippen LogP contribution >= 0.6 is 11.8 Å². The van der Waals surface area contributed by atoms with E-state index in [0.717, 1.165) is 12.0 Å². The molecular weight excluding hydrogens is 308 g/mol. The van der Waals surface area contributed by atoms with Crippen LogP contribution in [0.5, 0.6) is 0 Å². The summed E-state index contributed by atoms with van der Waals surface area (Å²) >= 11 is 1.52. The highest BCUT2D eigenvalue weighted by atomic mass is 32.2. The van der Waals surface area contributed by atoms with E-state index in [9.17, 15) is 13.2 Å².